The molecule has 0 heterocycles. The minimum Gasteiger partial charge on any atom is -0.405 e. The molecular formula is C32H43N3O9Si. The molecule has 0 unspecified atom stereocenters. The van der Waals surface area contributed by atoms with Gasteiger partial charge in [-0.15, -0.1) is 0 Å². The van der Waals surface area contributed by atoms with Crippen molar-refractivity contribution in [2.24, 2.45) is 0 Å². The number of non-ortho nitro benzene ring substituents is 1. The second-order valence-electron chi connectivity index (χ2n) is 11.1. The Hall–Kier alpha value is -3.72. The Labute approximate surface area is 265 Å². The molecule has 3 aromatic rings. The molecule has 0 radical (unpaired) electrons. The fourth-order valence-electron chi connectivity index (χ4n) is 4.97. The van der Waals surface area contributed by atoms with Crippen molar-refractivity contribution in [1.29, 1.82) is 0 Å². The van der Waals surface area contributed by atoms with Crippen molar-refractivity contribution in [2.75, 3.05) is 71.3 Å². The Bertz CT molecular complexity index is 1280. The lowest BCUT2D eigenvalue weighted by atomic mass is 10.2. The van der Waals surface area contributed by atoms with Crippen molar-refractivity contribution in [1.82, 2.24) is 0 Å². The van der Waals surface area contributed by atoms with Crippen LogP contribution >= 0.6 is 0 Å². The van der Waals surface area contributed by atoms with Gasteiger partial charge < -0.3 is 28.7 Å². The molecule has 0 amide bonds. The highest BCUT2D eigenvalue weighted by Crippen LogP contribution is 2.36. The SMILES string of the molecule is CC(C)(C)[Si](OCCOCCOCCOCCOCCNc1ccc([N+](=O)[O-])cc1[N+](=O)[O-])(c1ccccc1)c1ccccc1. The molecule has 12 nitrogen and oxygen atoms in total. The van der Waals surface area contributed by atoms with Crippen LogP contribution in [0.25, 0.3) is 0 Å². The Morgan fingerprint density at radius 2 is 1.11 bits per heavy atom. The van der Waals surface area contributed by atoms with E-state index in [0.717, 1.165) is 6.07 Å². The van der Waals surface area contributed by atoms with Crippen molar-refractivity contribution < 1.29 is 33.2 Å². The summed E-state index contributed by atoms with van der Waals surface area (Å²) in [4.78, 5) is 20.7. The molecule has 0 bridgehead atoms. The maximum absolute atomic E-state index is 11.2. The van der Waals surface area contributed by atoms with Crippen LogP contribution in [0, 0.1) is 20.2 Å². The maximum Gasteiger partial charge on any atom is 0.299 e. The molecule has 3 rings (SSSR count). The molecule has 0 aliphatic heterocycles. The third-order valence-corrected chi connectivity index (χ3v) is 12.1. The molecule has 3 aromatic carbocycles. The third-order valence-electron chi connectivity index (χ3n) is 7.03. The highest BCUT2D eigenvalue weighted by Gasteiger charge is 2.50. The van der Waals surface area contributed by atoms with Gasteiger partial charge in [-0.1, -0.05) is 81.4 Å². The number of nitro benzene ring substituents is 2. The van der Waals surface area contributed by atoms with Gasteiger partial charge in [-0.3, -0.25) is 20.2 Å². The number of ether oxygens (including phenoxy) is 4. The molecule has 0 saturated carbocycles. The monoisotopic (exact) mass is 641 g/mol. The van der Waals surface area contributed by atoms with E-state index in [1.807, 2.05) is 12.1 Å². The first-order chi connectivity index (χ1) is 21.7. The number of benzene rings is 3. The van der Waals surface area contributed by atoms with Gasteiger partial charge >= 0.3 is 0 Å². The Morgan fingerprint density at radius 3 is 1.56 bits per heavy atom. The minimum atomic E-state index is -2.57. The van der Waals surface area contributed by atoms with Crippen LogP contribution in [-0.4, -0.2) is 84.2 Å². The number of rotatable bonds is 21. The van der Waals surface area contributed by atoms with E-state index in [9.17, 15) is 20.2 Å². The van der Waals surface area contributed by atoms with E-state index in [-0.39, 0.29) is 28.7 Å². The second kappa shape index (κ2) is 18.3. The fourth-order valence-corrected chi connectivity index (χ4v) is 9.51. The maximum atomic E-state index is 11.2. The normalized spacial score (nSPS) is 11.8. The van der Waals surface area contributed by atoms with Gasteiger partial charge in [0.15, 0.2) is 0 Å². The van der Waals surface area contributed by atoms with Gasteiger partial charge in [-0.25, -0.2) is 0 Å². The van der Waals surface area contributed by atoms with Gasteiger partial charge in [0, 0.05) is 12.6 Å². The lowest BCUT2D eigenvalue weighted by Gasteiger charge is -2.43. The molecule has 1 N–H and O–H groups in total. The third kappa shape index (κ3) is 10.7. The summed E-state index contributed by atoms with van der Waals surface area (Å²) in [5, 5.41) is 27.3. The molecule has 244 valence electrons. The van der Waals surface area contributed by atoms with E-state index in [1.165, 1.54) is 22.5 Å². The van der Waals surface area contributed by atoms with Crippen LogP contribution in [-0.2, 0) is 23.4 Å². The van der Waals surface area contributed by atoms with E-state index in [1.54, 1.807) is 0 Å². The zero-order valence-electron chi connectivity index (χ0n) is 26.1. The summed E-state index contributed by atoms with van der Waals surface area (Å²) in [7, 11) is -2.57. The molecule has 0 aromatic heterocycles. The van der Waals surface area contributed by atoms with Gasteiger partial charge in [0.05, 0.1) is 75.4 Å². The highest BCUT2D eigenvalue weighted by molar-refractivity contribution is 6.99. The van der Waals surface area contributed by atoms with Crippen LogP contribution in [0.2, 0.25) is 5.04 Å². The highest BCUT2D eigenvalue weighted by atomic mass is 28.4. The largest absolute Gasteiger partial charge is 0.405 e. The molecule has 13 heteroatoms. The van der Waals surface area contributed by atoms with Crippen LogP contribution in [0.3, 0.4) is 0 Å². The first-order valence-corrected chi connectivity index (χ1v) is 16.8. The number of nitrogens with one attached hydrogen (secondary N) is 1. The van der Waals surface area contributed by atoms with E-state index < -0.39 is 18.2 Å². The van der Waals surface area contributed by atoms with Gasteiger partial charge in [0.25, 0.3) is 19.7 Å². The van der Waals surface area contributed by atoms with Crippen molar-refractivity contribution in [2.45, 2.75) is 25.8 Å². The van der Waals surface area contributed by atoms with Crippen LogP contribution in [0.15, 0.2) is 78.9 Å². The number of nitro groups is 2. The van der Waals surface area contributed by atoms with Crippen LogP contribution < -0.4 is 15.7 Å². The zero-order chi connectivity index (χ0) is 32.5. The van der Waals surface area contributed by atoms with E-state index in [2.05, 4.69) is 74.6 Å². The lowest BCUT2D eigenvalue weighted by Crippen LogP contribution is -2.66. The van der Waals surface area contributed by atoms with E-state index >= 15 is 0 Å². The number of nitrogens with zero attached hydrogens (tertiary/aromatic N) is 2. The smallest absolute Gasteiger partial charge is 0.299 e. The summed E-state index contributed by atoms with van der Waals surface area (Å²) < 4.78 is 29.2. The molecule has 0 aliphatic rings. The molecular weight excluding hydrogens is 598 g/mol. The molecule has 0 aliphatic carbocycles. The number of hydrogen-bond acceptors (Lipinski definition) is 10. The number of hydrogen-bond donors (Lipinski definition) is 1. The van der Waals surface area contributed by atoms with Crippen molar-refractivity contribution in [3.05, 3.63) is 99.1 Å². The quantitative estimate of drug-likeness (QED) is 0.0761. The summed E-state index contributed by atoms with van der Waals surface area (Å²) in [6.45, 7) is 10.7. The topological polar surface area (TPSA) is 144 Å². The minimum absolute atomic E-state index is 0.0841. The van der Waals surface area contributed by atoms with Crippen LogP contribution in [0.5, 0.6) is 0 Å². The van der Waals surface area contributed by atoms with Crippen molar-refractivity contribution in [3.8, 4) is 0 Å². The summed E-state index contributed by atoms with van der Waals surface area (Å²) in [6, 6.07) is 24.5. The average molecular weight is 642 g/mol. The van der Waals surface area contributed by atoms with Crippen LogP contribution in [0.4, 0.5) is 17.1 Å². The Balaban J connectivity index is 1.25. The molecule has 0 fully saturated rings. The predicted molar refractivity (Wildman–Crippen MR) is 175 cm³/mol. The Morgan fingerprint density at radius 1 is 0.644 bits per heavy atom. The van der Waals surface area contributed by atoms with E-state index in [4.69, 9.17) is 23.4 Å². The molecule has 0 atom stereocenters. The summed E-state index contributed by atoms with van der Waals surface area (Å²) in [5.74, 6) is 0. The first kappa shape index (κ1) is 35.8. The number of anilines is 1. The van der Waals surface area contributed by atoms with Gasteiger partial charge in [-0.05, 0) is 21.5 Å². The predicted octanol–water partition coefficient (Wildman–Crippen LogP) is 4.56. The molecule has 0 saturated heterocycles. The van der Waals surface area contributed by atoms with Gasteiger partial charge in [-0.2, -0.15) is 0 Å². The first-order valence-electron chi connectivity index (χ1n) is 14.9. The van der Waals surface area contributed by atoms with Crippen LogP contribution in [0.1, 0.15) is 20.8 Å². The molecule has 45 heavy (non-hydrogen) atoms. The standard InChI is InChI=1S/C32H43N3O9Si/c1-32(2,3)45(28-10-6-4-7-11-28,29-12-8-5-9-13-29)44-25-24-43-23-22-42-21-20-41-19-18-40-17-16-33-30-15-14-27(34(36)37)26-31(30)35(38)39/h4-15,26,33H,16-25H2,1-3H3. The summed E-state index contributed by atoms with van der Waals surface area (Å²) >= 11 is 0. The van der Waals surface area contributed by atoms with Gasteiger partial charge in [0.1, 0.15) is 5.69 Å². The van der Waals surface area contributed by atoms with Crippen molar-refractivity contribution >= 4 is 35.8 Å². The van der Waals surface area contributed by atoms with Crippen molar-refractivity contribution in [3.63, 3.8) is 0 Å². The van der Waals surface area contributed by atoms with E-state index in [0.29, 0.717) is 59.4 Å². The molecule has 0 spiro atoms. The average Bonchev–Trinajstić information content (AvgIpc) is 3.02. The Kier molecular flexibility index (Phi) is 14.5. The summed E-state index contributed by atoms with van der Waals surface area (Å²) in [5.41, 5.74) is -0.506. The summed E-state index contributed by atoms with van der Waals surface area (Å²) in [6.07, 6.45) is 0. The lowest BCUT2D eigenvalue weighted by molar-refractivity contribution is -0.393. The fraction of sp³-hybridized carbons (Fsp3) is 0.438. The van der Waals surface area contributed by atoms with Gasteiger partial charge in [0.2, 0.25) is 0 Å². The zero-order valence-corrected chi connectivity index (χ0v) is 27.1. The second-order valence-corrected chi connectivity index (χ2v) is 15.4.